The van der Waals surface area contributed by atoms with Crippen molar-refractivity contribution in [1.82, 2.24) is 0 Å². The van der Waals surface area contributed by atoms with Crippen molar-refractivity contribution in [1.29, 1.82) is 0 Å². The second-order valence-corrected chi connectivity index (χ2v) is 6.00. The first kappa shape index (κ1) is 16.6. The van der Waals surface area contributed by atoms with Gasteiger partial charge in [0.05, 0.1) is 6.61 Å². The second-order valence-electron chi connectivity index (χ2n) is 6.00. The molecule has 0 fully saturated rings. The van der Waals surface area contributed by atoms with Crippen LogP contribution < -0.4 is 10.5 Å². The van der Waals surface area contributed by atoms with E-state index in [-0.39, 0.29) is 0 Å². The zero-order chi connectivity index (χ0) is 15.9. The molecule has 0 aromatic heterocycles. The second kappa shape index (κ2) is 8.00. The minimum atomic E-state index is 0.348. The fourth-order valence-electron chi connectivity index (χ4n) is 2.76. The van der Waals surface area contributed by atoms with E-state index < -0.39 is 0 Å². The zero-order valence-electron chi connectivity index (χ0n) is 13.9. The van der Waals surface area contributed by atoms with Gasteiger partial charge in [-0.1, -0.05) is 48.9 Å². The summed E-state index contributed by atoms with van der Waals surface area (Å²) in [5, 5.41) is 0. The van der Waals surface area contributed by atoms with Crippen LogP contribution in [-0.2, 0) is 6.42 Å². The molecule has 1 unspecified atom stereocenters. The molecule has 2 aromatic carbocycles. The van der Waals surface area contributed by atoms with Crippen molar-refractivity contribution >= 4 is 0 Å². The Morgan fingerprint density at radius 3 is 2.55 bits per heavy atom. The Hall–Kier alpha value is -1.80. The van der Waals surface area contributed by atoms with Crippen molar-refractivity contribution in [3.8, 4) is 5.75 Å². The van der Waals surface area contributed by atoms with Gasteiger partial charge in [0.15, 0.2) is 0 Å². The van der Waals surface area contributed by atoms with Crippen LogP contribution in [0.4, 0.5) is 0 Å². The topological polar surface area (TPSA) is 35.2 Å². The van der Waals surface area contributed by atoms with Crippen molar-refractivity contribution in [2.75, 3.05) is 13.2 Å². The van der Waals surface area contributed by atoms with Crippen LogP contribution in [0.25, 0.3) is 0 Å². The Labute approximate surface area is 134 Å². The Kier molecular flexibility index (Phi) is 6.02. The fourth-order valence-corrected chi connectivity index (χ4v) is 2.76. The molecule has 118 valence electrons. The third kappa shape index (κ3) is 4.35. The van der Waals surface area contributed by atoms with Crippen LogP contribution in [0.15, 0.2) is 42.5 Å². The van der Waals surface area contributed by atoms with Crippen LogP contribution in [0, 0.1) is 13.8 Å². The smallest absolute Gasteiger partial charge is 0.122 e. The summed E-state index contributed by atoms with van der Waals surface area (Å²) >= 11 is 0. The molecule has 0 heterocycles. The number of benzene rings is 2. The van der Waals surface area contributed by atoms with Gasteiger partial charge in [0.25, 0.3) is 0 Å². The number of hydrogen-bond donors (Lipinski definition) is 1. The summed E-state index contributed by atoms with van der Waals surface area (Å²) in [6.07, 6.45) is 2.01. The van der Waals surface area contributed by atoms with Gasteiger partial charge in [0, 0.05) is 5.92 Å². The van der Waals surface area contributed by atoms with E-state index in [0.717, 1.165) is 25.2 Å². The SMILES string of the molecule is CCCOc1ccc(C(CN)Cc2cccc(C)c2)cc1C. The van der Waals surface area contributed by atoms with E-state index in [2.05, 4.69) is 63.2 Å². The molecule has 0 aliphatic carbocycles. The maximum Gasteiger partial charge on any atom is 0.122 e. The first-order valence-corrected chi connectivity index (χ1v) is 8.13. The average Bonchev–Trinajstić information content (AvgIpc) is 2.51. The number of nitrogens with two attached hydrogens (primary N) is 1. The molecule has 22 heavy (non-hydrogen) atoms. The first-order valence-electron chi connectivity index (χ1n) is 8.13. The molecule has 2 aromatic rings. The molecule has 0 saturated carbocycles. The Balaban J connectivity index is 2.15. The van der Waals surface area contributed by atoms with Gasteiger partial charge in [0.1, 0.15) is 5.75 Å². The van der Waals surface area contributed by atoms with Gasteiger partial charge >= 0.3 is 0 Å². The minimum absolute atomic E-state index is 0.348. The average molecular weight is 297 g/mol. The number of aryl methyl sites for hydroxylation is 2. The van der Waals surface area contributed by atoms with E-state index in [1.54, 1.807) is 0 Å². The van der Waals surface area contributed by atoms with Gasteiger partial charge < -0.3 is 10.5 Å². The maximum absolute atomic E-state index is 6.03. The summed E-state index contributed by atoms with van der Waals surface area (Å²) in [5.74, 6) is 1.33. The van der Waals surface area contributed by atoms with E-state index in [0.29, 0.717) is 12.5 Å². The largest absolute Gasteiger partial charge is 0.493 e. The van der Waals surface area contributed by atoms with Crippen molar-refractivity contribution < 1.29 is 4.74 Å². The first-order chi connectivity index (χ1) is 10.6. The molecule has 0 aliphatic heterocycles. The monoisotopic (exact) mass is 297 g/mol. The van der Waals surface area contributed by atoms with Crippen LogP contribution in [0.2, 0.25) is 0 Å². The van der Waals surface area contributed by atoms with Crippen LogP contribution in [-0.4, -0.2) is 13.2 Å². The fraction of sp³-hybridized carbons (Fsp3) is 0.400. The normalized spacial score (nSPS) is 12.2. The summed E-state index contributed by atoms with van der Waals surface area (Å²) < 4.78 is 5.76. The van der Waals surface area contributed by atoms with E-state index in [4.69, 9.17) is 10.5 Å². The third-order valence-electron chi connectivity index (χ3n) is 3.98. The summed E-state index contributed by atoms with van der Waals surface area (Å²) in [5.41, 5.74) is 11.2. The van der Waals surface area contributed by atoms with E-state index >= 15 is 0 Å². The Bertz CT molecular complexity index is 606. The molecule has 1 atom stereocenters. The molecule has 2 heteroatoms. The van der Waals surface area contributed by atoms with Crippen LogP contribution in [0.1, 0.15) is 41.5 Å². The Morgan fingerprint density at radius 2 is 1.91 bits per heavy atom. The molecule has 0 spiro atoms. The molecule has 0 bridgehead atoms. The van der Waals surface area contributed by atoms with Crippen LogP contribution in [0.3, 0.4) is 0 Å². The lowest BCUT2D eigenvalue weighted by Gasteiger charge is -2.18. The van der Waals surface area contributed by atoms with Crippen molar-refractivity contribution in [2.24, 2.45) is 5.73 Å². The summed E-state index contributed by atoms with van der Waals surface area (Å²) in [4.78, 5) is 0. The summed E-state index contributed by atoms with van der Waals surface area (Å²) in [6.45, 7) is 7.78. The van der Waals surface area contributed by atoms with E-state index in [9.17, 15) is 0 Å². The van der Waals surface area contributed by atoms with Crippen molar-refractivity contribution in [3.05, 3.63) is 64.7 Å². The van der Waals surface area contributed by atoms with Gasteiger partial charge in [-0.3, -0.25) is 0 Å². The molecule has 0 amide bonds. The van der Waals surface area contributed by atoms with Gasteiger partial charge in [-0.2, -0.15) is 0 Å². The van der Waals surface area contributed by atoms with Crippen molar-refractivity contribution in [2.45, 2.75) is 39.5 Å². The summed E-state index contributed by atoms with van der Waals surface area (Å²) in [7, 11) is 0. The van der Waals surface area contributed by atoms with Crippen molar-refractivity contribution in [3.63, 3.8) is 0 Å². The maximum atomic E-state index is 6.03. The molecule has 0 radical (unpaired) electrons. The highest BCUT2D eigenvalue weighted by atomic mass is 16.5. The molecule has 2 nitrogen and oxygen atoms in total. The quantitative estimate of drug-likeness (QED) is 0.823. The molecule has 2 rings (SSSR count). The highest BCUT2D eigenvalue weighted by Gasteiger charge is 2.12. The van der Waals surface area contributed by atoms with Gasteiger partial charge in [-0.25, -0.2) is 0 Å². The number of ether oxygens (including phenoxy) is 1. The zero-order valence-corrected chi connectivity index (χ0v) is 13.9. The Morgan fingerprint density at radius 1 is 1.09 bits per heavy atom. The van der Waals surface area contributed by atoms with Gasteiger partial charge in [0.2, 0.25) is 0 Å². The highest BCUT2D eigenvalue weighted by Crippen LogP contribution is 2.26. The van der Waals surface area contributed by atoms with Gasteiger partial charge in [-0.15, -0.1) is 0 Å². The minimum Gasteiger partial charge on any atom is -0.493 e. The predicted octanol–water partition coefficient (Wildman–Crippen LogP) is 4.38. The predicted molar refractivity (Wildman–Crippen MR) is 93.6 cm³/mol. The van der Waals surface area contributed by atoms with E-state index in [1.165, 1.54) is 22.3 Å². The van der Waals surface area contributed by atoms with Crippen LogP contribution >= 0.6 is 0 Å². The van der Waals surface area contributed by atoms with Crippen LogP contribution in [0.5, 0.6) is 5.75 Å². The molecule has 0 aliphatic rings. The lowest BCUT2D eigenvalue weighted by atomic mass is 9.90. The molecular formula is C20H27NO. The van der Waals surface area contributed by atoms with Gasteiger partial charge in [-0.05, 0) is 56.0 Å². The number of hydrogen-bond acceptors (Lipinski definition) is 2. The number of rotatable bonds is 7. The standard InChI is InChI=1S/C20H27NO/c1-4-10-22-20-9-8-18(12-16(20)3)19(14-21)13-17-7-5-6-15(2)11-17/h5-9,11-12,19H,4,10,13-14,21H2,1-3H3. The lowest BCUT2D eigenvalue weighted by molar-refractivity contribution is 0.315. The highest BCUT2D eigenvalue weighted by molar-refractivity contribution is 5.38. The molecular weight excluding hydrogens is 270 g/mol. The van der Waals surface area contributed by atoms with E-state index in [1.807, 2.05) is 0 Å². The summed E-state index contributed by atoms with van der Waals surface area (Å²) in [6, 6.07) is 15.1. The molecule has 0 saturated heterocycles. The lowest BCUT2D eigenvalue weighted by Crippen LogP contribution is -2.15. The molecule has 2 N–H and O–H groups in total. The third-order valence-corrected chi connectivity index (χ3v) is 3.98.